The van der Waals surface area contributed by atoms with E-state index < -0.39 is 0 Å². The van der Waals surface area contributed by atoms with Crippen molar-refractivity contribution in [1.29, 1.82) is 0 Å². The number of benzene rings is 1. The van der Waals surface area contributed by atoms with Crippen LogP contribution in [0.2, 0.25) is 5.02 Å². The lowest BCUT2D eigenvalue weighted by Gasteiger charge is -2.33. The second kappa shape index (κ2) is 10.1. The molecule has 33 heavy (non-hydrogen) atoms. The molecule has 0 unspecified atom stereocenters. The van der Waals surface area contributed by atoms with E-state index in [9.17, 15) is 9.59 Å². The Kier molecular flexibility index (Phi) is 7.03. The predicted molar refractivity (Wildman–Crippen MR) is 128 cm³/mol. The summed E-state index contributed by atoms with van der Waals surface area (Å²) in [7, 11) is 0. The number of halogens is 1. The third-order valence-corrected chi connectivity index (χ3v) is 6.08. The van der Waals surface area contributed by atoms with Crippen LogP contribution in [0.15, 0.2) is 47.1 Å². The molecular weight excluding hydrogens is 442 g/mol. The van der Waals surface area contributed by atoms with Gasteiger partial charge < -0.3 is 20.0 Å². The molecule has 2 N–H and O–H groups in total. The van der Waals surface area contributed by atoms with Gasteiger partial charge in [-0.15, -0.1) is 0 Å². The monoisotopic (exact) mass is 469 g/mol. The Morgan fingerprint density at radius 1 is 1.18 bits per heavy atom. The Bertz CT molecular complexity index is 1100. The van der Waals surface area contributed by atoms with E-state index in [1.807, 2.05) is 48.0 Å². The van der Waals surface area contributed by atoms with Gasteiger partial charge in [-0.05, 0) is 56.2 Å². The van der Waals surface area contributed by atoms with Crippen molar-refractivity contribution >= 4 is 34.9 Å². The lowest BCUT2D eigenvalue weighted by Crippen LogP contribution is -2.41. The summed E-state index contributed by atoms with van der Waals surface area (Å²) < 4.78 is 7.15. The second-order valence-electron chi connectivity index (χ2n) is 8.24. The molecule has 1 aromatic carbocycles. The highest BCUT2D eigenvalue weighted by Gasteiger charge is 2.29. The highest BCUT2D eigenvalue weighted by Crippen LogP contribution is 2.35. The van der Waals surface area contributed by atoms with E-state index in [0.29, 0.717) is 36.8 Å². The van der Waals surface area contributed by atoms with Crippen LogP contribution in [0.1, 0.15) is 31.2 Å². The number of hydrogen-bond donors (Lipinski definition) is 2. The quantitative estimate of drug-likeness (QED) is 0.546. The van der Waals surface area contributed by atoms with Gasteiger partial charge in [0.15, 0.2) is 5.82 Å². The van der Waals surface area contributed by atoms with Crippen LogP contribution in [0.3, 0.4) is 0 Å². The van der Waals surface area contributed by atoms with Gasteiger partial charge in [0.2, 0.25) is 11.8 Å². The van der Waals surface area contributed by atoms with Crippen molar-refractivity contribution in [3.63, 3.8) is 0 Å². The Morgan fingerprint density at radius 3 is 2.55 bits per heavy atom. The first-order valence-corrected chi connectivity index (χ1v) is 11.5. The molecule has 1 fully saturated rings. The first-order chi connectivity index (χ1) is 15.9. The summed E-state index contributed by atoms with van der Waals surface area (Å²) in [5.74, 6) is 1.56. The largest absolute Gasteiger partial charge is 0.469 e. The zero-order valence-electron chi connectivity index (χ0n) is 18.8. The number of furan rings is 1. The van der Waals surface area contributed by atoms with Crippen LogP contribution in [0.5, 0.6) is 0 Å². The maximum atomic E-state index is 12.7. The molecule has 1 saturated heterocycles. The molecule has 0 aliphatic carbocycles. The minimum Gasteiger partial charge on any atom is -0.469 e. The molecular formula is C24H28ClN5O3. The first-order valence-electron chi connectivity index (χ1n) is 11.1. The van der Waals surface area contributed by atoms with Crippen LogP contribution in [0.25, 0.3) is 5.69 Å². The van der Waals surface area contributed by atoms with Gasteiger partial charge in [0.1, 0.15) is 11.4 Å². The van der Waals surface area contributed by atoms with Crippen molar-refractivity contribution in [2.45, 2.75) is 33.1 Å². The SMILES string of the molecule is CC(=O)Nc1c(C)nn(-c2ccc(Cl)cc2)c1N1CCC(C(=O)NCCc2ccco2)CC1. The third-order valence-electron chi connectivity index (χ3n) is 5.82. The zero-order chi connectivity index (χ0) is 23.4. The number of rotatable bonds is 7. The molecule has 2 aromatic heterocycles. The van der Waals surface area contributed by atoms with E-state index in [-0.39, 0.29) is 17.7 Å². The van der Waals surface area contributed by atoms with Gasteiger partial charge in [0, 0.05) is 43.9 Å². The first kappa shape index (κ1) is 22.9. The summed E-state index contributed by atoms with van der Waals surface area (Å²) in [6.07, 6.45) is 3.75. The fourth-order valence-corrected chi connectivity index (χ4v) is 4.28. The molecule has 0 radical (unpaired) electrons. The van der Waals surface area contributed by atoms with E-state index in [1.165, 1.54) is 6.92 Å². The second-order valence-corrected chi connectivity index (χ2v) is 8.67. The molecule has 3 heterocycles. The number of hydrogen-bond acceptors (Lipinski definition) is 5. The summed E-state index contributed by atoms with van der Waals surface area (Å²) in [5, 5.41) is 11.3. The number of aryl methyl sites for hydroxylation is 1. The predicted octanol–water partition coefficient (Wildman–Crippen LogP) is 3.96. The summed E-state index contributed by atoms with van der Waals surface area (Å²) in [6.45, 7) is 5.29. The minimum absolute atomic E-state index is 0.0462. The van der Waals surface area contributed by atoms with Crippen LogP contribution < -0.4 is 15.5 Å². The molecule has 0 saturated carbocycles. The van der Waals surface area contributed by atoms with Gasteiger partial charge in [-0.1, -0.05) is 11.6 Å². The van der Waals surface area contributed by atoms with Gasteiger partial charge in [-0.3, -0.25) is 9.59 Å². The molecule has 0 spiro atoms. The number of carbonyl (C=O) groups is 2. The number of nitrogens with zero attached hydrogens (tertiary/aromatic N) is 3. The van der Waals surface area contributed by atoms with E-state index in [4.69, 9.17) is 16.0 Å². The highest BCUT2D eigenvalue weighted by molar-refractivity contribution is 6.30. The van der Waals surface area contributed by atoms with Gasteiger partial charge in [0.25, 0.3) is 0 Å². The van der Waals surface area contributed by atoms with Crippen LogP contribution in [0, 0.1) is 12.8 Å². The zero-order valence-corrected chi connectivity index (χ0v) is 19.6. The topological polar surface area (TPSA) is 92.4 Å². The Labute approximate surface area is 197 Å². The Hall–Kier alpha value is -3.26. The number of amides is 2. The minimum atomic E-state index is -0.152. The van der Waals surface area contributed by atoms with Crippen LogP contribution in [-0.2, 0) is 16.0 Å². The molecule has 9 heteroatoms. The number of piperidine rings is 1. The lowest BCUT2D eigenvalue weighted by molar-refractivity contribution is -0.125. The van der Waals surface area contributed by atoms with Crippen molar-refractivity contribution < 1.29 is 14.0 Å². The normalized spacial score (nSPS) is 14.3. The average Bonchev–Trinajstić information content (AvgIpc) is 3.42. The molecule has 0 atom stereocenters. The third kappa shape index (κ3) is 5.39. The summed E-state index contributed by atoms with van der Waals surface area (Å²) in [6, 6.07) is 11.2. The van der Waals surface area contributed by atoms with Crippen molar-refractivity contribution in [2.24, 2.45) is 5.92 Å². The van der Waals surface area contributed by atoms with E-state index >= 15 is 0 Å². The van der Waals surface area contributed by atoms with Gasteiger partial charge in [-0.2, -0.15) is 5.10 Å². The van der Waals surface area contributed by atoms with Gasteiger partial charge in [-0.25, -0.2) is 4.68 Å². The summed E-state index contributed by atoms with van der Waals surface area (Å²) in [4.78, 5) is 26.7. The molecule has 8 nitrogen and oxygen atoms in total. The van der Waals surface area contributed by atoms with Crippen molar-refractivity contribution in [1.82, 2.24) is 15.1 Å². The van der Waals surface area contributed by atoms with E-state index in [1.54, 1.807) is 6.26 Å². The summed E-state index contributed by atoms with van der Waals surface area (Å²) in [5.41, 5.74) is 2.28. The molecule has 3 aromatic rings. The number of anilines is 2. The molecule has 174 valence electrons. The van der Waals surface area contributed by atoms with Crippen LogP contribution >= 0.6 is 11.6 Å². The van der Waals surface area contributed by atoms with Crippen LogP contribution in [0.4, 0.5) is 11.5 Å². The van der Waals surface area contributed by atoms with Gasteiger partial charge in [0.05, 0.1) is 17.6 Å². The fourth-order valence-electron chi connectivity index (χ4n) is 4.15. The van der Waals surface area contributed by atoms with E-state index in [0.717, 1.165) is 35.8 Å². The molecule has 0 bridgehead atoms. The Balaban J connectivity index is 1.46. The molecule has 4 rings (SSSR count). The van der Waals surface area contributed by atoms with Gasteiger partial charge >= 0.3 is 0 Å². The molecule has 1 aliphatic heterocycles. The number of aromatic nitrogens is 2. The smallest absolute Gasteiger partial charge is 0.223 e. The lowest BCUT2D eigenvalue weighted by atomic mass is 9.95. The van der Waals surface area contributed by atoms with Crippen molar-refractivity contribution in [3.05, 3.63) is 59.1 Å². The molecule has 2 amide bonds. The Morgan fingerprint density at radius 2 is 1.91 bits per heavy atom. The van der Waals surface area contributed by atoms with E-state index in [2.05, 4.69) is 20.6 Å². The van der Waals surface area contributed by atoms with Crippen molar-refractivity contribution in [2.75, 3.05) is 29.9 Å². The van der Waals surface area contributed by atoms with Crippen molar-refractivity contribution in [3.8, 4) is 5.69 Å². The maximum absolute atomic E-state index is 12.7. The summed E-state index contributed by atoms with van der Waals surface area (Å²) >= 11 is 6.06. The van der Waals surface area contributed by atoms with Crippen LogP contribution in [-0.4, -0.2) is 41.2 Å². The fraction of sp³-hybridized carbons (Fsp3) is 0.375. The number of carbonyl (C=O) groups excluding carboxylic acids is 2. The maximum Gasteiger partial charge on any atom is 0.223 e. The average molecular weight is 470 g/mol. The standard InChI is InChI=1S/C24H28ClN5O3/c1-16-22(27-17(2)31)24(30(28-16)20-7-5-19(25)6-8-20)29-13-10-18(11-14-29)23(32)26-12-9-21-4-3-15-33-21/h3-8,15,18H,9-14H2,1-2H3,(H,26,32)(H,27,31). The number of nitrogens with one attached hydrogen (secondary N) is 2. The highest BCUT2D eigenvalue weighted by atomic mass is 35.5. The molecule has 1 aliphatic rings.